The summed E-state index contributed by atoms with van der Waals surface area (Å²) in [5.41, 5.74) is 6.00. The van der Waals surface area contributed by atoms with Crippen LogP contribution in [0.25, 0.3) is 22.4 Å². The van der Waals surface area contributed by atoms with Gasteiger partial charge in [-0.15, -0.1) is 0 Å². The summed E-state index contributed by atoms with van der Waals surface area (Å²) in [6, 6.07) is 19.2. The van der Waals surface area contributed by atoms with Crippen LogP contribution < -0.4 is 5.56 Å². The fourth-order valence-electron chi connectivity index (χ4n) is 2.75. The van der Waals surface area contributed by atoms with E-state index in [1.54, 1.807) is 12.1 Å². The van der Waals surface area contributed by atoms with Crippen molar-refractivity contribution in [2.24, 2.45) is 0 Å². The number of rotatable bonds is 2. The van der Waals surface area contributed by atoms with E-state index >= 15 is 0 Å². The van der Waals surface area contributed by atoms with E-state index in [0.29, 0.717) is 5.56 Å². The van der Waals surface area contributed by atoms with Crippen LogP contribution in [0.3, 0.4) is 0 Å². The highest BCUT2D eigenvalue weighted by Gasteiger charge is 2.14. The molecule has 112 valence electrons. The van der Waals surface area contributed by atoms with Gasteiger partial charge in [0.25, 0.3) is 0 Å². The monoisotopic (exact) mass is 300 g/mol. The lowest BCUT2D eigenvalue weighted by Crippen LogP contribution is -2.06. The van der Waals surface area contributed by atoms with Crippen LogP contribution in [0.4, 0.5) is 0 Å². The van der Waals surface area contributed by atoms with Crippen LogP contribution in [-0.4, -0.2) is 4.98 Å². The van der Waals surface area contributed by atoms with Crippen molar-refractivity contribution in [2.75, 3.05) is 0 Å². The van der Waals surface area contributed by atoms with E-state index in [-0.39, 0.29) is 5.56 Å². The molecule has 1 heterocycles. The summed E-state index contributed by atoms with van der Waals surface area (Å²) < 4.78 is 0. The molecule has 0 saturated heterocycles. The standard InChI is InChI=1S/C20H16N2O/c1-13-6-8-15(9-7-13)20-17(10-11-18(23)22-20)19-14(2)4-3-5-16(19)12-21/h3-11H,1-2H3,(H,22,23). The zero-order valence-electron chi connectivity index (χ0n) is 13.1. The SMILES string of the molecule is Cc1ccc(-c2[nH]c(=O)ccc2-c2c(C)cccc2C#N)cc1. The fourth-order valence-corrected chi connectivity index (χ4v) is 2.75. The van der Waals surface area contributed by atoms with E-state index in [1.807, 2.05) is 50.2 Å². The second kappa shape index (κ2) is 5.94. The molecule has 0 unspecified atom stereocenters. The number of nitriles is 1. The van der Waals surface area contributed by atoms with Crippen molar-refractivity contribution in [3.05, 3.63) is 81.6 Å². The van der Waals surface area contributed by atoms with Gasteiger partial charge in [-0.3, -0.25) is 4.79 Å². The van der Waals surface area contributed by atoms with E-state index in [1.165, 1.54) is 6.07 Å². The molecule has 3 nitrogen and oxygen atoms in total. The molecule has 0 spiro atoms. The van der Waals surface area contributed by atoms with E-state index in [9.17, 15) is 10.1 Å². The van der Waals surface area contributed by atoms with Crippen molar-refractivity contribution in [3.8, 4) is 28.5 Å². The van der Waals surface area contributed by atoms with Crippen LogP contribution in [0.2, 0.25) is 0 Å². The summed E-state index contributed by atoms with van der Waals surface area (Å²) in [7, 11) is 0. The van der Waals surface area contributed by atoms with E-state index in [4.69, 9.17) is 0 Å². The van der Waals surface area contributed by atoms with E-state index in [2.05, 4.69) is 11.1 Å². The fraction of sp³-hybridized carbons (Fsp3) is 0.100. The van der Waals surface area contributed by atoms with Gasteiger partial charge < -0.3 is 4.98 Å². The van der Waals surface area contributed by atoms with Crippen LogP contribution in [-0.2, 0) is 0 Å². The number of aromatic amines is 1. The predicted molar refractivity (Wildman–Crippen MR) is 92.1 cm³/mol. The molecule has 0 bridgehead atoms. The van der Waals surface area contributed by atoms with Crippen LogP contribution in [0.5, 0.6) is 0 Å². The molecule has 0 amide bonds. The van der Waals surface area contributed by atoms with Gasteiger partial charge >= 0.3 is 0 Å². The third kappa shape index (κ3) is 2.79. The average Bonchev–Trinajstić information content (AvgIpc) is 2.56. The maximum Gasteiger partial charge on any atom is 0.248 e. The highest BCUT2D eigenvalue weighted by atomic mass is 16.1. The molecule has 0 fully saturated rings. The lowest BCUT2D eigenvalue weighted by molar-refractivity contribution is 1.24. The van der Waals surface area contributed by atoms with Gasteiger partial charge in [0.15, 0.2) is 0 Å². The van der Waals surface area contributed by atoms with Gasteiger partial charge in [0.05, 0.1) is 17.3 Å². The quantitative estimate of drug-likeness (QED) is 0.771. The number of hydrogen-bond acceptors (Lipinski definition) is 2. The first kappa shape index (κ1) is 14.8. The highest BCUT2D eigenvalue weighted by molar-refractivity contribution is 5.85. The Morgan fingerprint density at radius 3 is 2.39 bits per heavy atom. The third-order valence-electron chi connectivity index (χ3n) is 3.92. The highest BCUT2D eigenvalue weighted by Crippen LogP contribution is 2.33. The topological polar surface area (TPSA) is 56.6 Å². The van der Waals surface area contributed by atoms with Gasteiger partial charge in [-0.05, 0) is 37.1 Å². The van der Waals surface area contributed by atoms with Gasteiger partial charge in [-0.1, -0.05) is 42.0 Å². The Kier molecular flexibility index (Phi) is 3.82. The average molecular weight is 300 g/mol. The zero-order chi connectivity index (χ0) is 16.4. The number of nitrogens with one attached hydrogen (secondary N) is 1. The first-order chi connectivity index (χ1) is 11.1. The van der Waals surface area contributed by atoms with Crippen molar-refractivity contribution in [2.45, 2.75) is 13.8 Å². The molecular weight excluding hydrogens is 284 g/mol. The van der Waals surface area contributed by atoms with E-state index in [0.717, 1.165) is 33.5 Å². The van der Waals surface area contributed by atoms with Crippen LogP contribution in [0, 0.1) is 25.2 Å². The van der Waals surface area contributed by atoms with Crippen LogP contribution >= 0.6 is 0 Å². The number of H-pyrrole nitrogens is 1. The first-order valence-electron chi connectivity index (χ1n) is 7.40. The molecule has 0 aliphatic rings. The normalized spacial score (nSPS) is 10.3. The lowest BCUT2D eigenvalue weighted by atomic mass is 9.92. The Labute approximate surface area is 134 Å². The van der Waals surface area contributed by atoms with Gasteiger partial charge in [0.2, 0.25) is 5.56 Å². The molecule has 2 aromatic carbocycles. The summed E-state index contributed by atoms with van der Waals surface area (Å²) >= 11 is 0. The molecule has 1 N–H and O–H groups in total. The van der Waals surface area contributed by atoms with Crippen molar-refractivity contribution in [1.29, 1.82) is 5.26 Å². The summed E-state index contributed by atoms with van der Waals surface area (Å²) in [6.45, 7) is 3.99. The Balaban J connectivity index is 2.32. The minimum Gasteiger partial charge on any atom is -0.321 e. The molecule has 23 heavy (non-hydrogen) atoms. The largest absolute Gasteiger partial charge is 0.321 e. The van der Waals surface area contributed by atoms with Gasteiger partial charge in [-0.25, -0.2) is 0 Å². The Bertz CT molecular complexity index is 960. The number of aromatic nitrogens is 1. The van der Waals surface area contributed by atoms with Crippen LogP contribution in [0.15, 0.2) is 59.4 Å². The first-order valence-corrected chi connectivity index (χ1v) is 7.40. The number of nitrogens with zero attached hydrogens (tertiary/aromatic N) is 1. The summed E-state index contributed by atoms with van der Waals surface area (Å²) in [4.78, 5) is 14.8. The maximum absolute atomic E-state index is 11.8. The molecule has 0 aliphatic carbocycles. The number of pyridine rings is 1. The summed E-state index contributed by atoms with van der Waals surface area (Å²) in [6.07, 6.45) is 0. The predicted octanol–water partition coefficient (Wildman–Crippen LogP) is 4.20. The van der Waals surface area contributed by atoms with Gasteiger partial charge in [-0.2, -0.15) is 5.26 Å². The molecule has 0 radical (unpaired) electrons. The van der Waals surface area contributed by atoms with Crippen molar-refractivity contribution in [3.63, 3.8) is 0 Å². The maximum atomic E-state index is 11.8. The van der Waals surface area contributed by atoms with Gasteiger partial charge in [0, 0.05) is 17.2 Å². The Morgan fingerprint density at radius 2 is 1.70 bits per heavy atom. The van der Waals surface area contributed by atoms with Crippen molar-refractivity contribution in [1.82, 2.24) is 4.98 Å². The zero-order valence-corrected chi connectivity index (χ0v) is 13.1. The molecular formula is C20H16N2O. The smallest absolute Gasteiger partial charge is 0.248 e. The van der Waals surface area contributed by atoms with E-state index < -0.39 is 0 Å². The molecule has 3 aromatic rings. The number of aryl methyl sites for hydroxylation is 2. The number of benzene rings is 2. The second-order valence-electron chi connectivity index (χ2n) is 5.59. The lowest BCUT2D eigenvalue weighted by Gasteiger charge is -2.13. The molecule has 1 aromatic heterocycles. The minimum atomic E-state index is -0.156. The molecule has 3 rings (SSSR count). The molecule has 0 atom stereocenters. The minimum absolute atomic E-state index is 0.156. The third-order valence-corrected chi connectivity index (χ3v) is 3.92. The van der Waals surface area contributed by atoms with Crippen molar-refractivity contribution < 1.29 is 0 Å². The van der Waals surface area contributed by atoms with Crippen LogP contribution in [0.1, 0.15) is 16.7 Å². The molecule has 3 heteroatoms. The molecule has 0 saturated carbocycles. The summed E-state index contributed by atoms with van der Waals surface area (Å²) in [5.74, 6) is 0. The summed E-state index contributed by atoms with van der Waals surface area (Å²) in [5, 5.41) is 9.43. The Hall–Kier alpha value is -3.12. The Morgan fingerprint density at radius 1 is 0.957 bits per heavy atom. The number of hydrogen-bond donors (Lipinski definition) is 1. The van der Waals surface area contributed by atoms with Gasteiger partial charge in [0.1, 0.15) is 0 Å². The second-order valence-corrected chi connectivity index (χ2v) is 5.59. The molecule has 0 aliphatic heterocycles. The van der Waals surface area contributed by atoms with Crippen molar-refractivity contribution >= 4 is 0 Å².